The molecule has 0 N–H and O–H groups in total. The number of hydrogen-bond donors (Lipinski definition) is 0. The molecule has 0 aromatic rings. The van der Waals surface area contributed by atoms with Crippen molar-refractivity contribution in [3.05, 3.63) is 11.8 Å². The van der Waals surface area contributed by atoms with Crippen molar-refractivity contribution in [1.82, 2.24) is 4.90 Å². The van der Waals surface area contributed by atoms with Gasteiger partial charge in [-0.3, -0.25) is 0 Å². The van der Waals surface area contributed by atoms with Gasteiger partial charge in [-0.1, -0.05) is 13.3 Å². The number of rotatable bonds is 4. The van der Waals surface area contributed by atoms with E-state index in [0.717, 1.165) is 31.8 Å². The van der Waals surface area contributed by atoms with Crippen molar-refractivity contribution in [3.63, 3.8) is 0 Å². The van der Waals surface area contributed by atoms with Gasteiger partial charge in [-0.05, 0) is 32.2 Å². The summed E-state index contributed by atoms with van der Waals surface area (Å²) in [6.45, 7) is 10.4. The number of piperidine rings is 1. The van der Waals surface area contributed by atoms with E-state index in [1.54, 1.807) is 0 Å². The van der Waals surface area contributed by atoms with E-state index in [0.29, 0.717) is 0 Å². The fraction of sp³-hybridized carbons (Fsp3) is 0.636. The van der Waals surface area contributed by atoms with E-state index in [4.69, 9.17) is 0 Å². The Morgan fingerprint density at radius 2 is 1.93 bits per heavy atom. The normalized spacial score (nSPS) is 19.7. The Kier molecular flexibility index (Phi) is 4.46. The number of likely N-dealkylation sites (tertiary alicyclic amines) is 1. The van der Waals surface area contributed by atoms with E-state index in [-0.39, 0.29) is 5.82 Å². The highest BCUT2D eigenvalue weighted by Crippen LogP contribution is 2.24. The fourth-order valence-corrected chi connectivity index (χ4v) is 1.92. The number of hydrogen-bond acceptors (Lipinski definition) is 3. The van der Waals surface area contributed by atoms with Gasteiger partial charge < -0.3 is 4.90 Å². The Labute approximate surface area is 90.4 Å². The zero-order chi connectivity index (χ0) is 11.3. The van der Waals surface area contributed by atoms with Crippen molar-refractivity contribution in [2.24, 2.45) is 15.9 Å². The van der Waals surface area contributed by atoms with Crippen molar-refractivity contribution in [3.8, 4) is 0 Å². The first-order valence-electron chi connectivity index (χ1n) is 5.31. The summed E-state index contributed by atoms with van der Waals surface area (Å²) in [5.74, 6) is 0.367. The third kappa shape index (κ3) is 2.88. The summed E-state index contributed by atoms with van der Waals surface area (Å²) in [5, 5.41) is 0. The second kappa shape index (κ2) is 5.63. The average molecular weight is 211 g/mol. The van der Waals surface area contributed by atoms with Gasteiger partial charge in [0.1, 0.15) is 0 Å². The SMILES string of the molecule is C=N/C(F)=C(\N=C)N1CCC(CC)CC1. The molecule has 15 heavy (non-hydrogen) atoms. The molecule has 3 nitrogen and oxygen atoms in total. The van der Waals surface area contributed by atoms with Crippen LogP contribution < -0.4 is 0 Å². The lowest BCUT2D eigenvalue weighted by Gasteiger charge is -2.32. The fourth-order valence-electron chi connectivity index (χ4n) is 1.92. The van der Waals surface area contributed by atoms with Gasteiger partial charge in [0.25, 0.3) is 5.95 Å². The predicted molar refractivity (Wildman–Crippen MR) is 61.8 cm³/mol. The number of aliphatic imine (C=N–C) groups is 2. The first kappa shape index (κ1) is 11.9. The molecule has 0 unspecified atom stereocenters. The third-order valence-electron chi connectivity index (χ3n) is 2.96. The Balaban J connectivity index is 2.66. The minimum Gasteiger partial charge on any atom is -0.353 e. The lowest BCUT2D eigenvalue weighted by Crippen LogP contribution is -2.32. The Morgan fingerprint density at radius 1 is 1.33 bits per heavy atom. The predicted octanol–water partition coefficient (Wildman–Crippen LogP) is 2.61. The van der Waals surface area contributed by atoms with Crippen LogP contribution in [0.15, 0.2) is 21.8 Å². The molecule has 1 saturated heterocycles. The van der Waals surface area contributed by atoms with Crippen LogP contribution in [0.25, 0.3) is 0 Å². The van der Waals surface area contributed by atoms with Crippen LogP contribution >= 0.6 is 0 Å². The molecule has 0 aromatic heterocycles. The lowest BCUT2D eigenvalue weighted by atomic mass is 9.94. The van der Waals surface area contributed by atoms with E-state index in [9.17, 15) is 4.39 Å². The molecular formula is C11H18FN3. The summed E-state index contributed by atoms with van der Waals surface area (Å²) in [4.78, 5) is 8.83. The van der Waals surface area contributed by atoms with Crippen LogP contribution in [0.3, 0.4) is 0 Å². The van der Waals surface area contributed by atoms with Crippen molar-refractivity contribution in [2.45, 2.75) is 26.2 Å². The maximum Gasteiger partial charge on any atom is 0.255 e. The van der Waals surface area contributed by atoms with Gasteiger partial charge in [-0.15, -0.1) is 0 Å². The summed E-state index contributed by atoms with van der Waals surface area (Å²) in [6, 6.07) is 0. The Morgan fingerprint density at radius 3 is 2.33 bits per heavy atom. The molecule has 84 valence electrons. The summed E-state index contributed by atoms with van der Waals surface area (Å²) >= 11 is 0. The molecule has 0 aliphatic carbocycles. The highest BCUT2D eigenvalue weighted by Gasteiger charge is 2.21. The molecule has 0 spiro atoms. The monoisotopic (exact) mass is 211 g/mol. The maximum atomic E-state index is 13.2. The molecular weight excluding hydrogens is 193 g/mol. The molecule has 1 fully saturated rings. The second-order valence-electron chi connectivity index (χ2n) is 3.77. The summed E-state index contributed by atoms with van der Waals surface area (Å²) in [6.07, 6.45) is 3.36. The van der Waals surface area contributed by atoms with E-state index < -0.39 is 5.95 Å². The van der Waals surface area contributed by atoms with Crippen LogP contribution in [-0.4, -0.2) is 31.4 Å². The molecule has 0 radical (unpaired) electrons. The second-order valence-corrected chi connectivity index (χ2v) is 3.77. The quantitative estimate of drug-likeness (QED) is 0.519. The minimum absolute atomic E-state index is 0.236. The number of nitrogens with zero attached hydrogens (tertiary/aromatic N) is 3. The third-order valence-corrected chi connectivity index (χ3v) is 2.96. The van der Waals surface area contributed by atoms with Gasteiger partial charge >= 0.3 is 0 Å². The molecule has 0 saturated carbocycles. The standard InChI is InChI=1S/C11H18FN3/c1-4-9-5-7-15(8-6-9)11(14-3)10(12)13-2/h9H,2-8H2,1H3/b11-10+. The molecule has 1 aliphatic rings. The Bertz CT molecular complexity index is 265. The van der Waals surface area contributed by atoms with Gasteiger partial charge in [0.15, 0.2) is 5.82 Å². The molecule has 1 rings (SSSR count). The summed E-state index contributed by atoms with van der Waals surface area (Å²) in [5.41, 5.74) is 0. The van der Waals surface area contributed by atoms with E-state index in [1.165, 1.54) is 6.42 Å². The molecule has 1 aliphatic heterocycles. The molecule has 4 heteroatoms. The highest BCUT2D eigenvalue weighted by atomic mass is 19.1. The van der Waals surface area contributed by atoms with Crippen LogP contribution in [0.1, 0.15) is 26.2 Å². The average Bonchev–Trinajstić information content (AvgIpc) is 2.30. The summed E-state index contributed by atoms with van der Waals surface area (Å²) in [7, 11) is 0. The maximum absolute atomic E-state index is 13.2. The van der Waals surface area contributed by atoms with Gasteiger partial charge in [0.05, 0.1) is 0 Å². The van der Waals surface area contributed by atoms with Gasteiger partial charge in [-0.25, -0.2) is 9.98 Å². The molecule has 1 heterocycles. The van der Waals surface area contributed by atoms with Crippen molar-refractivity contribution in [2.75, 3.05) is 13.1 Å². The highest BCUT2D eigenvalue weighted by molar-refractivity contribution is 5.32. The largest absolute Gasteiger partial charge is 0.353 e. The van der Waals surface area contributed by atoms with Crippen LogP contribution in [0.4, 0.5) is 4.39 Å². The van der Waals surface area contributed by atoms with Crippen LogP contribution in [0.2, 0.25) is 0 Å². The van der Waals surface area contributed by atoms with Gasteiger partial charge in [0.2, 0.25) is 0 Å². The Hall–Kier alpha value is -1.19. The van der Waals surface area contributed by atoms with Crippen molar-refractivity contribution in [1.29, 1.82) is 0 Å². The smallest absolute Gasteiger partial charge is 0.255 e. The molecule has 0 aromatic carbocycles. The first-order valence-corrected chi connectivity index (χ1v) is 5.31. The summed E-state index contributed by atoms with van der Waals surface area (Å²) < 4.78 is 13.2. The van der Waals surface area contributed by atoms with E-state index in [2.05, 4.69) is 30.3 Å². The van der Waals surface area contributed by atoms with Crippen LogP contribution in [-0.2, 0) is 0 Å². The van der Waals surface area contributed by atoms with Crippen LogP contribution in [0, 0.1) is 5.92 Å². The molecule has 0 amide bonds. The van der Waals surface area contributed by atoms with E-state index in [1.807, 2.05) is 4.90 Å². The zero-order valence-corrected chi connectivity index (χ0v) is 9.25. The zero-order valence-electron chi connectivity index (χ0n) is 9.25. The minimum atomic E-state index is -0.625. The lowest BCUT2D eigenvalue weighted by molar-refractivity contribution is 0.216. The number of halogens is 1. The van der Waals surface area contributed by atoms with Gasteiger partial charge in [-0.2, -0.15) is 4.39 Å². The first-order chi connectivity index (χ1) is 7.22. The van der Waals surface area contributed by atoms with Crippen molar-refractivity contribution >= 4 is 13.4 Å². The topological polar surface area (TPSA) is 28.0 Å². The van der Waals surface area contributed by atoms with Crippen molar-refractivity contribution < 1.29 is 4.39 Å². The molecule has 0 atom stereocenters. The van der Waals surface area contributed by atoms with E-state index >= 15 is 0 Å². The molecule has 0 bridgehead atoms. The van der Waals surface area contributed by atoms with Crippen LogP contribution in [0.5, 0.6) is 0 Å². The van der Waals surface area contributed by atoms with Gasteiger partial charge in [0, 0.05) is 13.1 Å².